The zero-order chi connectivity index (χ0) is 18.1. The number of aryl methyl sites for hydroxylation is 1. The number of alkyl halides is 2. The minimum Gasteiger partial charge on any atom is -0.444 e. The first-order chi connectivity index (χ1) is 11.0. The van der Waals surface area contributed by atoms with E-state index in [9.17, 15) is 13.6 Å². The Morgan fingerprint density at radius 2 is 2.17 bits per heavy atom. The summed E-state index contributed by atoms with van der Waals surface area (Å²) in [6, 6.07) is -0.573. The van der Waals surface area contributed by atoms with Gasteiger partial charge in [0.05, 0.1) is 18.8 Å². The van der Waals surface area contributed by atoms with Crippen molar-refractivity contribution in [3.8, 4) is 0 Å². The Kier molecular flexibility index (Phi) is 5.17. The third-order valence-electron chi connectivity index (χ3n) is 3.74. The highest BCUT2D eigenvalue weighted by Crippen LogP contribution is 2.33. The molecule has 1 amide bonds. The van der Waals surface area contributed by atoms with E-state index >= 15 is 0 Å². The third kappa shape index (κ3) is 5.15. The maximum absolute atomic E-state index is 13.8. The van der Waals surface area contributed by atoms with Crippen molar-refractivity contribution in [1.82, 2.24) is 19.6 Å². The van der Waals surface area contributed by atoms with Gasteiger partial charge < -0.3 is 4.74 Å². The molecule has 24 heavy (non-hydrogen) atoms. The Balaban J connectivity index is 2.01. The molecule has 0 aliphatic carbocycles. The van der Waals surface area contributed by atoms with Crippen LogP contribution in [0.1, 0.15) is 32.8 Å². The van der Waals surface area contributed by atoms with Gasteiger partial charge in [0.2, 0.25) is 0 Å². The summed E-state index contributed by atoms with van der Waals surface area (Å²) in [7, 11) is 3.67. The monoisotopic (exact) mass is 344 g/mol. The zero-order valence-electron chi connectivity index (χ0n) is 14.9. The first-order valence-corrected chi connectivity index (χ1v) is 7.99. The van der Waals surface area contributed by atoms with E-state index in [4.69, 9.17) is 4.74 Å². The first-order valence-electron chi connectivity index (χ1n) is 7.99. The Bertz CT molecular complexity index is 583. The van der Waals surface area contributed by atoms with Crippen LogP contribution >= 0.6 is 0 Å². The second-order valence-electron chi connectivity index (χ2n) is 7.54. The Morgan fingerprint density at radius 1 is 1.50 bits per heavy atom. The lowest BCUT2D eigenvalue weighted by Crippen LogP contribution is -2.44. The molecule has 1 aliphatic heterocycles. The molecule has 1 aliphatic rings. The number of aromatic nitrogens is 2. The van der Waals surface area contributed by atoms with Gasteiger partial charge in [-0.25, -0.2) is 13.6 Å². The molecule has 1 aromatic heterocycles. The minimum absolute atomic E-state index is 0.344. The van der Waals surface area contributed by atoms with E-state index in [1.165, 1.54) is 0 Å². The normalized spacial score (nSPS) is 20.7. The molecular weight excluding hydrogens is 318 g/mol. The summed E-state index contributed by atoms with van der Waals surface area (Å²) >= 11 is 0. The van der Waals surface area contributed by atoms with Crippen LogP contribution in [-0.2, 0) is 18.3 Å². The molecule has 1 unspecified atom stereocenters. The predicted octanol–water partition coefficient (Wildman–Crippen LogP) is 2.50. The molecule has 0 saturated carbocycles. The first kappa shape index (κ1) is 18.6. The van der Waals surface area contributed by atoms with Crippen LogP contribution in [0.25, 0.3) is 0 Å². The van der Waals surface area contributed by atoms with E-state index in [0.29, 0.717) is 13.1 Å². The van der Waals surface area contributed by atoms with Crippen molar-refractivity contribution in [1.29, 1.82) is 0 Å². The molecule has 0 N–H and O–H groups in total. The smallest absolute Gasteiger partial charge is 0.410 e. The van der Waals surface area contributed by atoms with Crippen molar-refractivity contribution in [2.24, 2.45) is 7.05 Å². The van der Waals surface area contributed by atoms with Gasteiger partial charge in [0.15, 0.2) is 0 Å². The van der Waals surface area contributed by atoms with Crippen LogP contribution in [0.3, 0.4) is 0 Å². The average Bonchev–Trinajstić information content (AvgIpc) is 2.90. The fourth-order valence-corrected chi connectivity index (χ4v) is 2.88. The molecule has 2 heterocycles. The van der Waals surface area contributed by atoms with Gasteiger partial charge in [0.25, 0.3) is 5.92 Å². The molecule has 0 radical (unpaired) electrons. The fraction of sp³-hybridized carbons (Fsp3) is 0.750. The van der Waals surface area contributed by atoms with E-state index in [-0.39, 0.29) is 6.42 Å². The second-order valence-corrected chi connectivity index (χ2v) is 7.54. The SMILES string of the molecule is CN(Cc1cnn(C)c1)CC1CC(F)(F)CN1C(=O)OC(C)(C)C. The van der Waals surface area contributed by atoms with Crippen molar-refractivity contribution >= 4 is 6.09 Å². The number of hydrogen-bond acceptors (Lipinski definition) is 4. The van der Waals surface area contributed by atoms with Crippen molar-refractivity contribution in [3.63, 3.8) is 0 Å². The highest BCUT2D eigenvalue weighted by atomic mass is 19.3. The van der Waals surface area contributed by atoms with Gasteiger partial charge in [-0.15, -0.1) is 0 Å². The minimum atomic E-state index is -2.88. The number of ether oxygens (including phenoxy) is 1. The van der Waals surface area contributed by atoms with E-state index in [0.717, 1.165) is 10.5 Å². The summed E-state index contributed by atoms with van der Waals surface area (Å²) < 4.78 is 34.6. The standard InChI is InChI=1S/C16H26F2N4O2/c1-15(2,3)24-14(23)22-11-16(17,18)6-13(22)10-20(4)8-12-7-19-21(5)9-12/h7,9,13H,6,8,10-11H2,1-5H3. The van der Waals surface area contributed by atoms with Gasteiger partial charge in [-0.05, 0) is 27.8 Å². The van der Waals surface area contributed by atoms with Crippen LogP contribution < -0.4 is 0 Å². The van der Waals surface area contributed by atoms with Crippen LogP contribution in [0.5, 0.6) is 0 Å². The lowest BCUT2D eigenvalue weighted by atomic mass is 10.1. The maximum atomic E-state index is 13.8. The van der Waals surface area contributed by atoms with Crippen molar-refractivity contribution in [3.05, 3.63) is 18.0 Å². The van der Waals surface area contributed by atoms with E-state index in [1.54, 1.807) is 31.6 Å². The molecule has 1 atom stereocenters. The van der Waals surface area contributed by atoms with E-state index in [2.05, 4.69) is 5.10 Å². The number of likely N-dealkylation sites (N-methyl/N-ethyl adjacent to an activating group) is 1. The summed E-state index contributed by atoms with van der Waals surface area (Å²) in [6.07, 6.45) is 2.60. The van der Waals surface area contributed by atoms with Gasteiger partial charge in [-0.2, -0.15) is 5.10 Å². The maximum Gasteiger partial charge on any atom is 0.410 e. The lowest BCUT2D eigenvalue weighted by molar-refractivity contribution is -0.00261. The number of likely N-dealkylation sites (tertiary alicyclic amines) is 1. The highest BCUT2D eigenvalue weighted by Gasteiger charge is 2.48. The molecule has 6 nitrogen and oxygen atoms in total. The highest BCUT2D eigenvalue weighted by molar-refractivity contribution is 5.69. The van der Waals surface area contributed by atoms with Gasteiger partial charge in [0, 0.05) is 38.3 Å². The number of rotatable bonds is 4. The van der Waals surface area contributed by atoms with Crippen LogP contribution in [0.15, 0.2) is 12.4 Å². The third-order valence-corrected chi connectivity index (χ3v) is 3.74. The molecule has 0 aromatic carbocycles. The summed E-state index contributed by atoms with van der Waals surface area (Å²) in [4.78, 5) is 15.3. The fourth-order valence-electron chi connectivity index (χ4n) is 2.88. The predicted molar refractivity (Wildman–Crippen MR) is 85.8 cm³/mol. The molecule has 1 saturated heterocycles. The van der Waals surface area contributed by atoms with Crippen LogP contribution in [0.2, 0.25) is 0 Å². The Morgan fingerprint density at radius 3 is 2.71 bits per heavy atom. The van der Waals surface area contributed by atoms with Gasteiger partial charge in [-0.1, -0.05) is 0 Å². The molecule has 8 heteroatoms. The summed E-state index contributed by atoms with van der Waals surface area (Å²) in [5, 5.41) is 4.09. The lowest BCUT2D eigenvalue weighted by Gasteiger charge is -2.30. The summed E-state index contributed by atoms with van der Waals surface area (Å²) in [6.45, 7) is 5.52. The van der Waals surface area contributed by atoms with Crippen LogP contribution in [0, 0.1) is 0 Å². The zero-order valence-corrected chi connectivity index (χ0v) is 14.9. The average molecular weight is 344 g/mol. The van der Waals surface area contributed by atoms with Crippen LogP contribution in [0.4, 0.5) is 13.6 Å². The number of hydrogen-bond donors (Lipinski definition) is 0. The molecule has 0 spiro atoms. The van der Waals surface area contributed by atoms with Crippen molar-refractivity contribution in [2.45, 2.75) is 51.3 Å². The molecular formula is C16H26F2N4O2. The molecule has 0 bridgehead atoms. The van der Waals surface area contributed by atoms with Crippen molar-refractivity contribution < 1.29 is 18.3 Å². The quantitative estimate of drug-likeness (QED) is 0.842. The number of halogens is 2. The van der Waals surface area contributed by atoms with Crippen LogP contribution in [-0.4, -0.2) is 63.4 Å². The Labute approximate surface area is 141 Å². The topological polar surface area (TPSA) is 50.6 Å². The van der Waals surface area contributed by atoms with E-state index < -0.39 is 30.2 Å². The second kappa shape index (κ2) is 6.66. The van der Waals surface area contributed by atoms with Gasteiger partial charge >= 0.3 is 6.09 Å². The Hall–Kier alpha value is -1.70. The molecule has 2 rings (SSSR count). The van der Waals surface area contributed by atoms with Gasteiger partial charge in [0.1, 0.15) is 5.60 Å². The van der Waals surface area contributed by atoms with E-state index in [1.807, 2.05) is 25.2 Å². The summed E-state index contributed by atoms with van der Waals surface area (Å²) in [5.74, 6) is -2.88. The number of carbonyl (C=O) groups is 1. The number of nitrogens with zero attached hydrogens (tertiary/aromatic N) is 4. The molecule has 1 fully saturated rings. The molecule has 136 valence electrons. The largest absolute Gasteiger partial charge is 0.444 e. The molecule has 1 aromatic rings. The van der Waals surface area contributed by atoms with Crippen molar-refractivity contribution in [2.75, 3.05) is 20.1 Å². The number of carbonyl (C=O) groups excluding carboxylic acids is 1. The summed E-state index contributed by atoms with van der Waals surface area (Å²) in [5.41, 5.74) is 0.287. The number of amides is 1. The van der Waals surface area contributed by atoms with Gasteiger partial charge in [-0.3, -0.25) is 14.5 Å².